The smallest absolute Gasteiger partial charge is 0.282 e. The van der Waals surface area contributed by atoms with E-state index in [1.165, 1.54) is 18.3 Å². The zero-order valence-corrected chi connectivity index (χ0v) is 13.6. The van der Waals surface area contributed by atoms with Gasteiger partial charge in [-0.2, -0.15) is 5.10 Å². The van der Waals surface area contributed by atoms with Gasteiger partial charge in [0.05, 0.1) is 22.8 Å². The van der Waals surface area contributed by atoms with Crippen LogP contribution in [0.15, 0.2) is 47.6 Å². The Kier molecular flexibility index (Phi) is 4.00. The van der Waals surface area contributed by atoms with Crippen LogP contribution in [0.5, 0.6) is 11.5 Å². The molecule has 1 N–H and O–H groups in total. The number of nitro groups is 1. The molecular weight excluding hydrogens is 338 g/mol. The van der Waals surface area contributed by atoms with E-state index in [-0.39, 0.29) is 35.8 Å². The lowest BCUT2D eigenvalue weighted by Gasteiger charge is -2.02. The molecule has 4 rings (SSSR count). The molecule has 8 nitrogen and oxygen atoms in total. The number of fused-ring (bicyclic) bond motifs is 1. The Morgan fingerprint density at radius 3 is 2.69 bits per heavy atom. The number of nitro benzene ring substituents is 1. The maximum Gasteiger partial charge on any atom is 0.282 e. The van der Waals surface area contributed by atoms with Crippen LogP contribution < -0.4 is 14.9 Å². The van der Waals surface area contributed by atoms with Crippen molar-refractivity contribution in [1.29, 1.82) is 0 Å². The maximum absolute atomic E-state index is 12.2. The quantitative estimate of drug-likeness (QED) is 0.505. The van der Waals surface area contributed by atoms with Crippen molar-refractivity contribution in [1.82, 2.24) is 5.43 Å². The van der Waals surface area contributed by atoms with E-state index in [1.807, 2.05) is 30.3 Å². The van der Waals surface area contributed by atoms with Crippen molar-refractivity contribution in [3.63, 3.8) is 0 Å². The number of hydrogen-bond donors (Lipinski definition) is 1. The van der Waals surface area contributed by atoms with Gasteiger partial charge in [-0.05, 0) is 24.0 Å². The Bertz CT molecular complexity index is 897. The molecule has 1 amide bonds. The van der Waals surface area contributed by atoms with E-state index in [2.05, 4.69) is 10.5 Å². The van der Waals surface area contributed by atoms with Crippen LogP contribution in [0, 0.1) is 16.0 Å². The van der Waals surface area contributed by atoms with Gasteiger partial charge in [0.1, 0.15) is 0 Å². The summed E-state index contributed by atoms with van der Waals surface area (Å²) in [6, 6.07) is 12.6. The van der Waals surface area contributed by atoms with E-state index in [0.717, 1.165) is 12.0 Å². The van der Waals surface area contributed by atoms with Gasteiger partial charge in [0.25, 0.3) is 5.69 Å². The number of rotatable bonds is 5. The molecule has 1 aliphatic carbocycles. The van der Waals surface area contributed by atoms with Gasteiger partial charge < -0.3 is 9.47 Å². The van der Waals surface area contributed by atoms with E-state index in [1.54, 1.807) is 0 Å². The molecule has 2 aromatic carbocycles. The van der Waals surface area contributed by atoms with Gasteiger partial charge in [-0.3, -0.25) is 14.9 Å². The largest absolute Gasteiger partial charge is 0.454 e. The van der Waals surface area contributed by atoms with Crippen LogP contribution in [-0.2, 0) is 4.79 Å². The monoisotopic (exact) mass is 353 g/mol. The minimum absolute atomic E-state index is 0.0202. The third-order valence-corrected chi connectivity index (χ3v) is 4.45. The molecule has 2 atom stereocenters. The van der Waals surface area contributed by atoms with Crippen LogP contribution in [0.2, 0.25) is 0 Å². The number of nitrogens with zero attached hydrogens (tertiary/aromatic N) is 2. The first-order valence-electron chi connectivity index (χ1n) is 8.09. The number of nitrogens with one attached hydrogen (secondary N) is 1. The first-order chi connectivity index (χ1) is 12.6. The molecule has 0 aromatic heterocycles. The van der Waals surface area contributed by atoms with Crippen molar-refractivity contribution >= 4 is 17.8 Å². The summed E-state index contributed by atoms with van der Waals surface area (Å²) in [4.78, 5) is 22.8. The minimum Gasteiger partial charge on any atom is -0.454 e. The van der Waals surface area contributed by atoms with Gasteiger partial charge in [0.2, 0.25) is 12.7 Å². The highest BCUT2D eigenvalue weighted by Gasteiger charge is 2.43. The molecule has 8 heteroatoms. The van der Waals surface area contributed by atoms with Crippen molar-refractivity contribution in [3.8, 4) is 11.5 Å². The molecule has 2 aromatic rings. The molecule has 1 fully saturated rings. The van der Waals surface area contributed by atoms with E-state index < -0.39 is 4.92 Å². The Hall–Kier alpha value is -3.42. The van der Waals surface area contributed by atoms with E-state index in [0.29, 0.717) is 11.5 Å². The summed E-state index contributed by atoms with van der Waals surface area (Å²) in [7, 11) is 0. The zero-order chi connectivity index (χ0) is 18.1. The number of amides is 1. The Morgan fingerprint density at radius 1 is 1.23 bits per heavy atom. The summed E-state index contributed by atoms with van der Waals surface area (Å²) >= 11 is 0. The molecule has 0 spiro atoms. The summed E-state index contributed by atoms with van der Waals surface area (Å²) in [5.74, 6) is 0.613. The molecule has 1 aliphatic heterocycles. The van der Waals surface area contributed by atoms with Gasteiger partial charge in [-0.15, -0.1) is 0 Å². The van der Waals surface area contributed by atoms with Crippen LogP contribution in [0.4, 0.5) is 5.69 Å². The second-order valence-electron chi connectivity index (χ2n) is 6.12. The lowest BCUT2D eigenvalue weighted by molar-refractivity contribution is -0.385. The third-order valence-electron chi connectivity index (χ3n) is 4.45. The van der Waals surface area contributed by atoms with E-state index in [4.69, 9.17) is 9.47 Å². The fourth-order valence-corrected chi connectivity index (χ4v) is 3.01. The summed E-state index contributed by atoms with van der Waals surface area (Å²) in [6.07, 6.45) is 2.02. The van der Waals surface area contributed by atoms with Crippen LogP contribution in [0.3, 0.4) is 0 Å². The average molecular weight is 353 g/mol. The molecule has 0 radical (unpaired) electrons. The predicted molar refractivity (Wildman–Crippen MR) is 92.2 cm³/mol. The van der Waals surface area contributed by atoms with Crippen molar-refractivity contribution in [2.24, 2.45) is 11.0 Å². The SMILES string of the molecule is O=C(NN=Cc1cc2c(cc1[N+](=O)[O-])OCO2)C1CC1c1ccccc1. The number of ether oxygens (including phenoxy) is 2. The summed E-state index contributed by atoms with van der Waals surface area (Å²) in [6.45, 7) is 0.0202. The van der Waals surface area contributed by atoms with E-state index >= 15 is 0 Å². The maximum atomic E-state index is 12.2. The Morgan fingerprint density at radius 2 is 1.96 bits per heavy atom. The standard InChI is InChI=1S/C18H15N3O5/c22-18(14-7-13(14)11-4-2-1-3-5-11)20-19-9-12-6-16-17(26-10-25-16)8-15(12)21(23)24/h1-6,8-9,13-14H,7,10H2,(H,20,22). The molecule has 2 unspecified atom stereocenters. The topological polar surface area (TPSA) is 103 Å². The summed E-state index contributed by atoms with van der Waals surface area (Å²) < 4.78 is 10.4. The molecular formula is C18H15N3O5. The Balaban J connectivity index is 1.43. The summed E-state index contributed by atoms with van der Waals surface area (Å²) in [5, 5.41) is 15.1. The van der Waals surface area contributed by atoms with Crippen LogP contribution in [-0.4, -0.2) is 23.8 Å². The lowest BCUT2D eigenvalue weighted by atomic mass is 10.1. The van der Waals surface area contributed by atoms with Crippen LogP contribution in [0.1, 0.15) is 23.5 Å². The van der Waals surface area contributed by atoms with Gasteiger partial charge >= 0.3 is 0 Å². The second-order valence-corrected chi connectivity index (χ2v) is 6.12. The molecule has 132 valence electrons. The van der Waals surface area contributed by atoms with Crippen LogP contribution in [0.25, 0.3) is 0 Å². The number of hydrazone groups is 1. The van der Waals surface area contributed by atoms with Crippen molar-refractivity contribution in [3.05, 3.63) is 63.7 Å². The highest BCUT2D eigenvalue weighted by molar-refractivity contribution is 5.89. The molecule has 1 heterocycles. The molecule has 1 saturated carbocycles. The van der Waals surface area contributed by atoms with Gasteiger partial charge in [0, 0.05) is 5.92 Å². The van der Waals surface area contributed by atoms with Crippen molar-refractivity contribution in [2.75, 3.05) is 6.79 Å². The molecule has 0 bridgehead atoms. The van der Waals surface area contributed by atoms with Gasteiger partial charge in [-0.1, -0.05) is 30.3 Å². The summed E-state index contributed by atoms with van der Waals surface area (Å²) in [5.41, 5.74) is 3.66. The predicted octanol–water partition coefficient (Wildman–Crippen LogP) is 2.58. The zero-order valence-electron chi connectivity index (χ0n) is 13.6. The highest BCUT2D eigenvalue weighted by atomic mass is 16.7. The molecule has 0 saturated heterocycles. The molecule has 26 heavy (non-hydrogen) atoms. The minimum atomic E-state index is -0.530. The van der Waals surface area contributed by atoms with Gasteiger partial charge in [-0.25, -0.2) is 5.43 Å². The first-order valence-corrected chi connectivity index (χ1v) is 8.09. The normalized spacial score (nSPS) is 20.2. The number of hydrogen-bond acceptors (Lipinski definition) is 6. The van der Waals surface area contributed by atoms with Gasteiger partial charge in [0.15, 0.2) is 11.5 Å². The highest BCUT2D eigenvalue weighted by Crippen LogP contribution is 2.47. The van der Waals surface area contributed by atoms with Crippen molar-refractivity contribution < 1.29 is 19.2 Å². The third kappa shape index (κ3) is 3.08. The number of benzene rings is 2. The average Bonchev–Trinajstić information content (AvgIpc) is 3.32. The van der Waals surface area contributed by atoms with Crippen molar-refractivity contribution in [2.45, 2.75) is 12.3 Å². The number of carbonyl (C=O) groups excluding carboxylic acids is 1. The fourth-order valence-electron chi connectivity index (χ4n) is 3.01. The molecule has 2 aliphatic rings. The first kappa shape index (κ1) is 16.1. The van der Waals surface area contributed by atoms with Crippen LogP contribution >= 0.6 is 0 Å². The fraction of sp³-hybridized carbons (Fsp3) is 0.222. The second kappa shape index (κ2) is 6.47. The van der Waals surface area contributed by atoms with E-state index in [9.17, 15) is 14.9 Å². The lowest BCUT2D eigenvalue weighted by Crippen LogP contribution is -2.20. The Labute approximate surface area is 148 Å². The number of carbonyl (C=O) groups is 1.